The van der Waals surface area contributed by atoms with Crippen LogP contribution in [0.25, 0.3) is 0 Å². The molecule has 19 heavy (non-hydrogen) atoms. The molecule has 0 bridgehead atoms. The van der Waals surface area contributed by atoms with Crippen molar-refractivity contribution in [2.24, 2.45) is 10.2 Å². The van der Waals surface area contributed by atoms with Gasteiger partial charge in [-0.1, -0.05) is 17.7 Å². The van der Waals surface area contributed by atoms with Crippen molar-refractivity contribution in [1.29, 1.82) is 0 Å². The van der Waals surface area contributed by atoms with Crippen molar-refractivity contribution < 1.29 is 0 Å². The predicted molar refractivity (Wildman–Crippen MR) is 81.1 cm³/mol. The lowest BCUT2D eigenvalue weighted by Gasteiger charge is -2.11. The average molecular weight is 274 g/mol. The van der Waals surface area contributed by atoms with E-state index in [1.807, 2.05) is 68.4 Å². The molecule has 0 N–H and O–H groups in total. The van der Waals surface area contributed by atoms with Crippen molar-refractivity contribution in [3.05, 3.63) is 53.1 Å². The first kappa shape index (κ1) is 13.6. The van der Waals surface area contributed by atoms with E-state index in [1.54, 1.807) is 0 Å². The normalized spacial score (nSPS) is 10.9. The number of anilines is 1. The van der Waals surface area contributed by atoms with Crippen molar-refractivity contribution in [3.8, 4) is 0 Å². The maximum absolute atomic E-state index is 5.95. The minimum atomic E-state index is 0.669. The molecule has 2 rings (SSSR count). The van der Waals surface area contributed by atoms with Crippen LogP contribution in [0.4, 0.5) is 17.1 Å². The van der Waals surface area contributed by atoms with Crippen LogP contribution in [0.1, 0.15) is 5.56 Å². The molecule has 0 saturated carbocycles. The van der Waals surface area contributed by atoms with Gasteiger partial charge in [0.25, 0.3) is 0 Å². The fraction of sp³-hybridized carbons (Fsp3) is 0.200. The van der Waals surface area contributed by atoms with Gasteiger partial charge in [-0.3, -0.25) is 0 Å². The van der Waals surface area contributed by atoms with Crippen LogP contribution in [0.3, 0.4) is 0 Å². The Morgan fingerprint density at radius 3 is 2.26 bits per heavy atom. The summed E-state index contributed by atoms with van der Waals surface area (Å²) in [5, 5.41) is 9.13. The largest absolute Gasteiger partial charge is 0.378 e. The molecule has 2 aromatic rings. The number of azo groups is 1. The van der Waals surface area contributed by atoms with Crippen LogP contribution in [0.15, 0.2) is 52.7 Å². The third-order valence-corrected chi connectivity index (χ3v) is 3.05. The standard InChI is InChI=1S/C15H16ClN3/c1-11-4-5-12(16)10-15(11)18-17-13-6-8-14(9-7-13)19(2)3/h4-10H,1-3H3. The summed E-state index contributed by atoms with van der Waals surface area (Å²) in [6.45, 7) is 1.99. The van der Waals surface area contributed by atoms with Gasteiger partial charge >= 0.3 is 0 Å². The lowest BCUT2D eigenvalue weighted by atomic mass is 10.2. The maximum atomic E-state index is 5.95. The van der Waals surface area contributed by atoms with Crippen molar-refractivity contribution in [2.45, 2.75) is 6.92 Å². The van der Waals surface area contributed by atoms with Gasteiger partial charge in [-0.05, 0) is 48.9 Å². The highest BCUT2D eigenvalue weighted by Gasteiger charge is 1.98. The zero-order valence-corrected chi connectivity index (χ0v) is 12.0. The molecular weight excluding hydrogens is 258 g/mol. The van der Waals surface area contributed by atoms with Crippen LogP contribution < -0.4 is 4.90 Å². The molecule has 0 radical (unpaired) electrons. The third kappa shape index (κ3) is 3.55. The fourth-order valence-electron chi connectivity index (χ4n) is 1.62. The van der Waals surface area contributed by atoms with Crippen LogP contribution in [-0.2, 0) is 0 Å². The van der Waals surface area contributed by atoms with E-state index in [-0.39, 0.29) is 0 Å². The minimum absolute atomic E-state index is 0.669. The molecule has 0 aliphatic rings. The SMILES string of the molecule is Cc1ccc(Cl)cc1N=Nc1ccc(N(C)C)cc1. The molecule has 0 fully saturated rings. The van der Waals surface area contributed by atoms with Crippen molar-refractivity contribution >= 4 is 28.7 Å². The summed E-state index contributed by atoms with van der Waals surface area (Å²) >= 11 is 5.95. The molecular formula is C15H16ClN3. The van der Waals surface area contributed by atoms with Crippen molar-refractivity contribution in [2.75, 3.05) is 19.0 Å². The lowest BCUT2D eigenvalue weighted by molar-refractivity contribution is 1.13. The Balaban J connectivity index is 2.20. The maximum Gasteiger partial charge on any atom is 0.0901 e. The summed E-state index contributed by atoms with van der Waals surface area (Å²) in [7, 11) is 4.01. The number of hydrogen-bond donors (Lipinski definition) is 0. The van der Waals surface area contributed by atoms with Gasteiger partial charge in [0.15, 0.2) is 0 Å². The molecule has 0 heterocycles. The average Bonchev–Trinajstić information content (AvgIpc) is 2.40. The summed E-state index contributed by atoms with van der Waals surface area (Å²) in [5.74, 6) is 0. The fourth-order valence-corrected chi connectivity index (χ4v) is 1.79. The van der Waals surface area contributed by atoms with Gasteiger partial charge in [0.2, 0.25) is 0 Å². The lowest BCUT2D eigenvalue weighted by Crippen LogP contribution is -2.07. The van der Waals surface area contributed by atoms with Crippen LogP contribution >= 0.6 is 11.6 Å². The van der Waals surface area contributed by atoms with Gasteiger partial charge in [-0.2, -0.15) is 10.2 Å². The molecule has 4 heteroatoms. The second-order valence-corrected chi connectivity index (χ2v) is 4.98. The molecule has 0 unspecified atom stereocenters. The van der Waals surface area contributed by atoms with Crippen molar-refractivity contribution in [3.63, 3.8) is 0 Å². The highest BCUT2D eigenvalue weighted by molar-refractivity contribution is 6.30. The van der Waals surface area contributed by atoms with Crippen LogP contribution in [0, 0.1) is 6.92 Å². The van der Waals surface area contributed by atoms with E-state index in [2.05, 4.69) is 10.2 Å². The van der Waals surface area contributed by atoms with E-state index in [1.165, 1.54) is 0 Å². The van der Waals surface area contributed by atoms with Crippen molar-refractivity contribution in [1.82, 2.24) is 0 Å². The molecule has 0 aliphatic heterocycles. The van der Waals surface area contributed by atoms with Gasteiger partial charge in [0.05, 0.1) is 11.4 Å². The Morgan fingerprint density at radius 1 is 0.947 bits per heavy atom. The van der Waals surface area contributed by atoms with Gasteiger partial charge in [0, 0.05) is 24.8 Å². The Kier molecular flexibility index (Phi) is 4.17. The summed E-state index contributed by atoms with van der Waals surface area (Å²) in [6, 6.07) is 13.5. The minimum Gasteiger partial charge on any atom is -0.378 e. The smallest absolute Gasteiger partial charge is 0.0901 e. The summed E-state index contributed by atoms with van der Waals surface area (Å²) in [4.78, 5) is 2.04. The van der Waals surface area contributed by atoms with Gasteiger partial charge in [-0.15, -0.1) is 0 Å². The molecule has 0 atom stereocenters. The van der Waals surface area contributed by atoms with Gasteiger partial charge in [0.1, 0.15) is 0 Å². The number of aryl methyl sites for hydroxylation is 1. The molecule has 98 valence electrons. The zero-order chi connectivity index (χ0) is 13.8. The van der Waals surface area contributed by atoms with Gasteiger partial charge < -0.3 is 4.90 Å². The summed E-state index contributed by atoms with van der Waals surface area (Å²) < 4.78 is 0. The summed E-state index contributed by atoms with van der Waals surface area (Å²) in [6.07, 6.45) is 0. The monoisotopic (exact) mass is 273 g/mol. The van der Waals surface area contributed by atoms with E-state index in [0.717, 1.165) is 22.6 Å². The third-order valence-electron chi connectivity index (χ3n) is 2.81. The Labute approximate surface area is 118 Å². The van der Waals surface area contributed by atoms with Crippen LogP contribution in [0.5, 0.6) is 0 Å². The van der Waals surface area contributed by atoms with E-state index in [0.29, 0.717) is 5.02 Å². The molecule has 0 aliphatic carbocycles. The second-order valence-electron chi connectivity index (χ2n) is 4.54. The van der Waals surface area contributed by atoms with Gasteiger partial charge in [-0.25, -0.2) is 0 Å². The highest BCUT2D eigenvalue weighted by atomic mass is 35.5. The number of halogens is 1. The molecule has 0 amide bonds. The highest BCUT2D eigenvalue weighted by Crippen LogP contribution is 2.26. The van der Waals surface area contributed by atoms with E-state index in [4.69, 9.17) is 11.6 Å². The molecule has 3 nitrogen and oxygen atoms in total. The summed E-state index contributed by atoms with van der Waals surface area (Å²) in [5.41, 5.74) is 3.81. The molecule has 0 aromatic heterocycles. The first-order valence-corrected chi connectivity index (χ1v) is 6.39. The Bertz CT molecular complexity index is 589. The first-order valence-electron chi connectivity index (χ1n) is 6.01. The van der Waals surface area contributed by atoms with E-state index in [9.17, 15) is 0 Å². The van der Waals surface area contributed by atoms with Crippen LogP contribution in [-0.4, -0.2) is 14.1 Å². The molecule has 0 saturated heterocycles. The second kappa shape index (κ2) is 5.85. The van der Waals surface area contributed by atoms with E-state index >= 15 is 0 Å². The molecule has 2 aromatic carbocycles. The number of hydrogen-bond acceptors (Lipinski definition) is 3. The number of rotatable bonds is 3. The van der Waals surface area contributed by atoms with Crippen LogP contribution in [0.2, 0.25) is 5.02 Å². The molecule has 0 spiro atoms. The van der Waals surface area contributed by atoms with E-state index < -0.39 is 0 Å². The number of nitrogens with zero attached hydrogens (tertiary/aromatic N) is 3. The zero-order valence-electron chi connectivity index (χ0n) is 11.3. The Morgan fingerprint density at radius 2 is 1.63 bits per heavy atom. The predicted octanol–water partition coefficient (Wildman–Crippen LogP) is 5.13. The number of benzene rings is 2. The first-order chi connectivity index (χ1) is 9.06. The topological polar surface area (TPSA) is 28.0 Å². The quantitative estimate of drug-likeness (QED) is 0.713. The Hall–Kier alpha value is -1.87.